The Bertz CT molecular complexity index is 574. The third kappa shape index (κ3) is 3.51. The quantitative estimate of drug-likeness (QED) is 0.658. The van der Waals surface area contributed by atoms with Crippen molar-refractivity contribution in [3.8, 4) is 0 Å². The zero-order valence-corrected chi connectivity index (χ0v) is 12.6. The highest BCUT2D eigenvalue weighted by molar-refractivity contribution is 9.10. The fraction of sp³-hybridized carbons (Fsp3) is 0.250. The maximum atomic E-state index is 11.0. The number of thiazole rings is 1. The topological polar surface area (TPSA) is 68.1 Å². The van der Waals surface area contributed by atoms with Gasteiger partial charge in [-0.25, -0.2) is 4.98 Å². The van der Waals surface area contributed by atoms with Gasteiger partial charge < -0.3 is 5.32 Å². The second-order valence-corrected chi connectivity index (χ2v) is 5.91. The average molecular weight is 342 g/mol. The Balaban J connectivity index is 2.09. The Hall–Kier alpha value is -1.47. The minimum Gasteiger partial charge on any atom is -0.379 e. The molecule has 5 nitrogen and oxygen atoms in total. The summed E-state index contributed by atoms with van der Waals surface area (Å²) in [5.41, 5.74) is 0.595. The van der Waals surface area contributed by atoms with Crippen molar-refractivity contribution in [2.75, 3.05) is 11.9 Å². The third-order valence-electron chi connectivity index (χ3n) is 2.63. The highest BCUT2D eigenvalue weighted by Crippen LogP contribution is 2.29. The van der Waals surface area contributed by atoms with E-state index in [1.807, 2.05) is 12.3 Å². The lowest BCUT2D eigenvalue weighted by molar-refractivity contribution is -0.384. The summed E-state index contributed by atoms with van der Waals surface area (Å²) in [5.74, 6) is 0.211. The monoisotopic (exact) mass is 341 g/mol. The molecule has 0 fully saturated rings. The van der Waals surface area contributed by atoms with E-state index < -0.39 is 0 Å². The van der Waals surface area contributed by atoms with Crippen molar-refractivity contribution >= 4 is 38.6 Å². The lowest BCUT2D eigenvalue weighted by Crippen LogP contribution is -2.10. The van der Waals surface area contributed by atoms with Crippen molar-refractivity contribution in [1.29, 1.82) is 0 Å². The summed E-state index contributed by atoms with van der Waals surface area (Å²) < 4.78 is 0.692. The molecule has 0 radical (unpaired) electrons. The van der Waals surface area contributed by atoms with Crippen LogP contribution in [0.2, 0.25) is 0 Å². The highest BCUT2D eigenvalue weighted by Gasteiger charge is 2.15. The van der Waals surface area contributed by atoms with E-state index in [0.29, 0.717) is 16.7 Å². The number of nitrogens with one attached hydrogen (secondary N) is 1. The van der Waals surface area contributed by atoms with Crippen LogP contribution in [0.1, 0.15) is 17.8 Å². The van der Waals surface area contributed by atoms with E-state index >= 15 is 0 Å². The summed E-state index contributed by atoms with van der Waals surface area (Å²) in [7, 11) is 0. The van der Waals surface area contributed by atoms with E-state index in [1.54, 1.807) is 29.7 Å². The normalized spacial score (nSPS) is 12.1. The van der Waals surface area contributed by atoms with Crippen molar-refractivity contribution < 1.29 is 4.92 Å². The smallest absolute Gasteiger partial charge is 0.293 e. The molecule has 1 unspecified atom stereocenters. The first-order valence-corrected chi connectivity index (χ1v) is 7.32. The van der Waals surface area contributed by atoms with Gasteiger partial charge in [0.2, 0.25) is 0 Å². The van der Waals surface area contributed by atoms with E-state index in [-0.39, 0.29) is 16.5 Å². The molecule has 2 rings (SSSR count). The van der Waals surface area contributed by atoms with Crippen LogP contribution in [-0.2, 0) is 0 Å². The number of rotatable bonds is 5. The highest BCUT2D eigenvalue weighted by atomic mass is 79.9. The van der Waals surface area contributed by atoms with E-state index in [1.165, 1.54) is 6.07 Å². The van der Waals surface area contributed by atoms with Gasteiger partial charge in [-0.15, -0.1) is 11.3 Å². The molecular weight excluding hydrogens is 330 g/mol. The van der Waals surface area contributed by atoms with Gasteiger partial charge in [-0.2, -0.15) is 0 Å². The molecule has 1 atom stereocenters. The first-order valence-electron chi connectivity index (χ1n) is 5.65. The molecule has 0 saturated heterocycles. The maximum absolute atomic E-state index is 11.0. The van der Waals surface area contributed by atoms with Gasteiger partial charge in [0.25, 0.3) is 5.69 Å². The molecule has 0 aliphatic heterocycles. The van der Waals surface area contributed by atoms with Gasteiger partial charge >= 0.3 is 0 Å². The molecule has 19 heavy (non-hydrogen) atoms. The average Bonchev–Trinajstić information content (AvgIpc) is 2.90. The molecule has 0 saturated carbocycles. The Morgan fingerprint density at radius 2 is 2.37 bits per heavy atom. The molecule has 1 aromatic carbocycles. The number of hydrogen-bond acceptors (Lipinski definition) is 5. The van der Waals surface area contributed by atoms with Gasteiger partial charge in [-0.1, -0.05) is 22.9 Å². The lowest BCUT2D eigenvalue weighted by atomic mass is 10.2. The first kappa shape index (κ1) is 14.0. The summed E-state index contributed by atoms with van der Waals surface area (Å²) >= 11 is 4.82. The summed E-state index contributed by atoms with van der Waals surface area (Å²) in [6.45, 7) is 2.65. The maximum Gasteiger partial charge on any atom is 0.293 e. The summed E-state index contributed by atoms with van der Waals surface area (Å²) in [6.07, 6.45) is 1.76. The molecule has 2 aromatic rings. The zero-order valence-electron chi connectivity index (χ0n) is 10.2. The molecule has 1 N–H and O–H groups in total. The van der Waals surface area contributed by atoms with E-state index in [4.69, 9.17) is 0 Å². The van der Waals surface area contributed by atoms with Gasteiger partial charge in [0.15, 0.2) is 0 Å². The van der Waals surface area contributed by atoms with E-state index in [2.05, 4.69) is 26.2 Å². The first-order chi connectivity index (χ1) is 9.08. The molecule has 100 valence electrons. The van der Waals surface area contributed by atoms with Crippen LogP contribution in [0.4, 0.5) is 11.4 Å². The van der Waals surface area contributed by atoms with Crippen molar-refractivity contribution in [2.24, 2.45) is 0 Å². The fourth-order valence-corrected chi connectivity index (χ4v) is 2.68. The van der Waals surface area contributed by atoms with Gasteiger partial charge in [-0.05, 0) is 12.1 Å². The van der Waals surface area contributed by atoms with Gasteiger partial charge in [0.05, 0.1) is 9.93 Å². The number of halogens is 1. The van der Waals surface area contributed by atoms with Crippen LogP contribution < -0.4 is 5.32 Å². The van der Waals surface area contributed by atoms with Gasteiger partial charge in [-0.3, -0.25) is 10.1 Å². The molecule has 7 heteroatoms. The van der Waals surface area contributed by atoms with Crippen molar-refractivity contribution in [2.45, 2.75) is 12.8 Å². The summed E-state index contributed by atoms with van der Waals surface area (Å²) in [5, 5.41) is 17.0. The molecule has 1 heterocycles. The van der Waals surface area contributed by atoms with Crippen molar-refractivity contribution in [3.05, 3.63) is 49.4 Å². The van der Waals surface area contributed by atoms with Gasteiger partial charge in [0, 0.05) is 34.6 Å². The summed E-state index contributed by atoms with van der Waals surface area (Å²) in [6, 6.07) is 4.98. The number of benzene rings is 1. The van der Waals surface area contributed by atoms with Crippen LogP contribution in [0.15, 0.2) is 34.2 Å². The second-order valence-electron chi connectivity index (χ2n) is 4.07. The van der Waals surface area contributed by atoms with Crippen LogP contribution in [0, 0.1) is 10.1 Å². The number of nitro benzene ring substituents is 1. The molecule has 1 aromatic heterocycles. The van der Waals surface area contributed by atoms with E-state index in [9.17, 15) is 10.1 Å². The molecule has 0 spiro atoms. The Morgan fingerprint density at radius 3 is 3.00 bits per heavy atom. The molecule has 0 amide bonds. The molecule has 0 aliphatic carbocycles. The second kappa shape index (κ2) is 6.12. The van der Waals surface area contributed by atoms with E-state index in [0.717, 1.165) is 5.01 Å². The fourth-order valence-electron chi connectivity index (χ4n) is 1.63. The lowest BCUT2D eigenvalue weighted by Gasteiger charge is -2.11. The minimum atomic E-state index is -0.388. The van der Waals surface area contributed by atoms with Gasteiger partial charge in [0.1, 0.15) is 5.69 Å². The molecule has 0 bridgehead atoms. The van der Waals surface area contributed by atoms with Crippen LogP contribution in [0.3, 0.4) is 0 Å². The molecule has 0 aliphatic rings. The van der Waals surface area contributed by atoms with Crippen molar-refractivity contribution in [1.82, 2.24) is 4.98 Å². The number of nitrogens with zero attached hydrogens (tertiary/aromatic N) is 2. The number of hydrogen-bond donors (Lipinski definition) is 1. The number of anilines is 1. The largest absolute Gasteiger partial charge is 0.379 e. The Morgan fingerprint density at radius 1 is 1.58 bits per heavy atom. The summed E-state index contributed by atoms with van der Waals surface area (Å²) in [4.78, 5) is 14.8. The Kier molecular flexibility index (Phi) is 4.49. The number of aromatic nitrogens is 1. The third-order valence-corrected chi connectivity index (χ3v) is 4.13. The predicted molar refractivity (Wildman–Crippen MR) is 79.8 cm³/mol. The van der Waals surface area contributed by atoms with Crippen molar-refractivity contribution in [3.63, 3.8) is 0 Å². The van der Waals surface area contributed by atoms with Crippen LogP contribution in [-0.4, -0.2) is 16.5 Å². The number of nitro groups is 1. The van der Waals surface area contributed by atoms with Crippen LogP contribution in [0.25, 0.3) is 0 Å². The van der Waals surface area contributed by atoms with Crippen LogP contribution in [0.5, 0.6) is 0 Å². The van der Waals surface area contributed by atoms with Crippen LogP contribution >= 0.6 is 27.3 Å². The standard InChI is InChI=1S/C12H12BrN3O2S/c1-8(12-14-4-5-19-12)7-15-10-3-2-9(13)6-11(10)16(17)18/h2-6,8,15H,7H2,1H3. The predicted octanol–water partition coefficient (Wildman–Crippen LogP) is 4.03. The zero-order chi connectivity index (χ0) is 13.8. The minimum absolute atomic E-state index is 0.0701. The SMILES string of the molecule is CC(CNc1ccc(Br)cc1[N+](=O)[O-])c1nccs1. The Labute approximate surface area is 123 Å². The molecular formula is C12H12BrN3O2S.